The van der Waals surface area contributed by atoms with Crippen molar-refractivity contribution < 1.29 is 19.3 Å². The number of non-ortho nitro benzene ring substituents is 1. The number of imide groups is 2. The molecule has 9 nitrogen and oxygen atoms in total. The maximum Gasteiger partial charge on any atom is 0.330 e. The van der Waals surface area contributed by atoms with Gasteiger partial charge >= 0.3 is 6.03 Å². The van der Waals surface area contributed by atoms with Gasteiger partial charge < -0.3 is 4.90 Å². The molecule has 0 saturated carbocycles. The molecule has 2 fully saturated rings. The summed E-state index contributed by atoms with van der Waals surface area (Å²) < 4.78 is 0. The van der Waals surface area contributed by atoms with E-state index in [1.807, 2.05) is 4.90 Å². The first-order valence-corrected chi connectivity index (χ1v) is 9.85. The van der Waals surface area contributed by atoms with Crippen molar-refractivity contribution in [1.29, 1.82) is 0 Å². The number of fused-ring (bicyclic) bond motifs is 4. The Kier molecular flexibility index (Phi) is 4.53. The Bertz CT molecular complexity index is 891. The summed E-state index contributed by atoms with van der Waals surface area (Å²) >= 11 is 4.13. The van der Waals surface area contributed by atoms with Crippen LogP contribution in [0.15, 0.2) is 18.2 Å². The van der Waals surface area contributed by atoms with Crippen molar-refractivity contribution in [3.05, 3.63) is 33.9 Å². The lowest BCUT2D eigenvalue weighted by atomic mass is 9.68. The van der Waals surface area contributed by atoms with Crippen LogP contribution in [0.2, 0.25) is 0 Å². The Balaban J connectivity index is 1.82. The van der Waals surface area contributed by atoms with Gasteiger partial charge in [-0.1, -0.05) is 0 Å². The summed E-state index contributed by atoms with van der Waals surface area (Å²) in [5, 5.41) is 13.6. The average molecular weight is 404 g/mol. The predicted octanol–water partition coefficient (Wildman–Crippen LogP) is 1.50. The molecule has 1 aromatic rings. The zero-order chi connectivity index (χ0) is 20.1. The average Bonchev–Trinajstić information content (AvgIpc) is 3.16. The van der Waals surface area contributed by atoms with Gasteiger partial charge in [-0.3, -0.25) is 29.9 Å². The molecule has 0 bridgehead atoms. The van der Waals surface area contributed by atoms with Crippen molar-refractivity contribution >= 4 is 41.8 Å². The Morgan fingerprint density at radius 3 is 2.82 bits per heavy atom. The van der Waals surface area contributed by atoms with Crippen LogP contribution >= 0.6 is 12.6 Å². The van der Waals surface area contributed by atoms with E-state index in [4.69, 9.17) is 0 Å². The first-order chi connectivity index (χ1) is 13.4. The fourth-order valence-corrected chi connectivity index (χ4v) is 4.82. The summed E-state index contributed by atoms with van der Waals surface area (Å²) in [7, 11) is 0. The SMILES string of the molecule is O=C1NC(=O)[C@]2(Cc3cc([N+](=O)[O-])ccc3N3CCC[C@H]32)C(=O)N1CCCS. The first kappa shape index (κ1) is 18.7. The summed E-state index contributed by atoms with van der Waals surface area (Å²) in [5.74, 6) is -0.626. The molecule has 1 spiro atoms. The molecule has 2 atom stereocenters. The molecule has 0 unspecified atom stereocenters. The molecule has 3 aliphatic heterocycles. The second-order valence-corrected chi connectivity index (χ2v) is 7.81. The van der Waals surface area contributed by atoms with Crippen molar-refractivity contribution in [2.24, 2.45) is 5.41 Å². The van der Waals surface area contributed by atoms with Crippen molar-refractivity contribution in [1.82, 2.24) is 10.2 Å². The van der Waals surface area contributed by atoms with Gasteiger partial charge in [0.15, 0.2) is 5.41 Å². The number of hydrogen-bond donors (Lipinski definition) is 2. The molecule has 3 aliphatic rings. The van der Waals surface area contributed by atoms with E-state index in [0.29, 0.717) is 30.7 Å². The fourth-order valence-electron chi connectivity index (χ4n) is 4.68. The van der Waals surface area contributed by atoms with Gasteiger partial charge in [0.1, 0.15) is 0 Å². The Morgan fingerprint density at radius 1 is 1.32 bits per heavy atom. The van der Waals surface area contributed by atoms with E-state index < -0.39 is 28.2 Å². The number of carbonyl (C=O) groups is 3. The van der Waals surface area contributed by atoms with Crippen LogP contribution in [0.4, 0.5) is 16.2 Å². The van der Waals surface area contributed by atoms with Crippen molar-refractivity contribution in [2.45, 2.75) is 31.7 Å². The van der Waals surface area contributed by atoms with E-state index in [1.54, 1.807) is 6.07 Å². The molecule has 3 heterocycles. The predicted molar refractivity (Wildman–Crippen MR) is 103 cm³/mol. The van der Waals surface area contributed by atoms with Crippen LogP contribution in [-0.2, 0) is 16.0 Å². The summed E-state index contributed by atoms with van der Waals surface area (Å²) in [6.45, 7) is 0.833. The molecule has 148 valence electrons. The number of amides is 4. The van der Waals surface area contributed by atoms with Gasteiger partial charge in [-0.15, -0.1) is 0 Å². The van der Waals surface area contributed by atoms with Gasteiger partial charge in [0.25, 0.3) is 5.69 Å². The van der Waals surface area contributed by atoms with Crippen LogP contribution in [0.1, 0.15) is 24.8 Å². The standard InChI is InChI=1S/C18H20N4O5S/c23-15-18(16(24)21(7-2-8-28)17(25)19-15)10-11-9-12(22(26)27)4-5-13(11)20-6-1-3-14(18)20/h4-5,9,14,28H,1-3,6-8,10H2,(H,19,23,25)/t14-,18+/m0/s1. The topological polar surface area (TPSA) is 113 Å². The normalized spacial score (nSPS) is 26.3. The number of benzene rings is 1. The Morgan fingerprint density at radius 2 is 2.11 bits per heavy atom. The number of urea groups is 1. The minimum atomic E-state index is -1.46. The van der Waals surface area contributed by atoms with Gasteiger partial charge in [-0.25, -0.2) is 4.79 Å². The summed E-state index contributed by atoms with van der Waals surface area (Å²) in [6, 6.07) is 3.48. The number of nitro groups is 1. The van der Waals surface area contributed by atoms with Gasteiger partial charge in [0.05, 0.1) is 11.0 Å². The molecular formula is C18H20N4O5S. The second kappa shape index (κ2) is 6.77. The first-order valence-electron chi connectivity index (χ1n) is 9.22. The number of anilines is 1. The fraction of sp³-hybridized carbons (Fsp3) is 0.500. The van der Waals surface area contributed by atoms with Crippen LogP contribution in [-0.4, -0.2) is 52.6 Å². The number of nitro benzene ring substituents is 1. The summed E-state index contributed by atoms with van der Waals surface area (Å²) in [5.41, 5.74) is -0.140. The zero-order valence-electron chi connectivity index (χ0n) is 15.1. The Hall–Kier alpha value is -2.62. The molecule has 4 rings (SSSR count). The van der Waals surface area contributed by atoms with E-state index in [2.05, 4.69) is 17.9 Å². The van der Waals surface area contributed by atoms with Gasteiger partial charge in [0, 0.05) is 37.3 Å². The number of nitrogens with one attached hydrogen (secondary N) is 1. The second-order valence-electron chi connectivity index (χ2n) is 7.36. The molecule has 0 aliphatic carbocycles. The number of nitrogens with zero attached hydrogens (tertiary/aromatic N) is 3. The van der Waals surface area contributed by atoms with Crippen LogP contribution in [0, 0.1) is 15.5 Å². The van der Waals surface area contributed by atoms with Gasteiger partial charge in [0.2, 0.25) is 11.8 Å². The van der Waals surface area contributed by atoms with Crippen molar-refractivity contribution in [3.8, 4) is 0 Å². The third-order valence-electron chi connectivity index (χ3n) is 5.91. The minimum Gasteiger partial charge on any atom is -0.367 e. The lowest BCUT2D eigenvalue weighted by Gasteiger charge is -2.49. The summed E-state index contributed by atoms with van der Waals surface area (Å²) in [4.78, 5) is 52.6. The minimum absolute atomic E-state index is 0.0422. The highest BCUT2D eigenvalue weighted by atomic mass is 32.1. The highest BCUT2D eigenvalue weighted by Crippen LogP contribution is 2.48. The van der Waals surface area contributed by atoms with Crippen molar-refractivity contribution in [2.75, 3.05) is 23.7 Å². The molecular weight excluding hydrogens is 384 g/mol. The highest BCUT2D eigenvalue weighted by Gasteiger charge is 2.62. The van der Waals surface area contributed by atoms with Crippen LogP contribution in [0.5, 0.6) is 0 Å². The van der Waals surface area contributed by atoms with Crippen LogP contribution in [0.25, 0.3) is 0 Å². The monoisotopic (exact) mass is 404 g/mol. The van der Waals surface area contributed by atoms with E-state index >= 15 is 0 Å². The number of barbiturate groups is 1. The molecule has 1 N–H and O–H groups in total. The largest absolute Gasteiger partial charge is 0.367 e. The molecule has 2 saturated heterocycles. The highest BCUT2D eigenvalue weighted by molar-refractivity contribution is 7.80. The van der Waals surface area contributed by atoms with Gasteiger partial charge in [-0.2, -0.15) is 12.6 Å². The quantitative estimate of drug-likeness (QED) is 0.340. The van der Waals surface area contributed by atoms with E-state index in [0.717, 1.165) is 17.0 Å². The molecule has 10 heteroatoms. The van der Waals surface area contributed by atoms with Crippen LogP contribution in [0.3, 0.4) is 0 Å². The summed E-state index contributed by atoms with van der Waals surface area (Å²) in [6.07, 6.45) is 2.00. The molecule has 28 heavy (non-hydrogen) atoms. The van der Waals surface area contributed by atoms with Gasteiger partial charge in [-0.05, 0) is 36.6 Å². The lowest BCUT2D eigenvalue weighted by molar-refractivity contribution is -0.384. The van der Waals surface area contributed by atoms with E-state index in [1.165, 1.54) is 12.1 Å². The van der Waals surface area contributed by atoms with E-state index in [9.17, 15) is 24.5 Å². The molecule has 0 aromatic heterocycles. The molecule has 1 aromatic carbocycles. The number of rotatable bonds is 4. The van der Waals surface area contributed by atoms with Crippen molar-refractivity contribution in [3.63, 3.8) is 0 Å². The smallest absolute Gasteiger partial charge is 0.330 e. The molecule has 4 amide bonds. The maximum atomic E-state index is 13.5. The number of carbonyl (C=O) groups excluding carboxylic acids is 3. The lowest BCUT2D eigenvalue weighted by Crippen LogP contribution is -2.71. The maximum absolute atomic E-state index is 13.5. The Labute approximate surface area is 166 Å². The van der Waals surface area contributed by atoms with Crippen LogP contribution < -0.4 is 10.2 Å². The molecule has 0 radical (unpaired) electrons. The third kappa shape index (κ3) is 2.58. The number of thiol groups is 1. The third-order valence-corrected chi connectivity index (χ3v) is 6.23. The van der Waals surface area contributed by atoms with E-state index in [-0.39, 0.29) is 24.7 Å². The zero-order valence-corrected chi connectivity index (χ0v) is 16.0. The number of hydrogen-bond acceptors (Lipinski definition) is 7.